The Hall–Kier alpha value is -1.94. The molecular weight excluding hydrogens is 214 g/mol. The summed E-state index contributed by atoms with van der Waals surface area (Å²) in [5.74, 6) is 0.774. The SMILES string of the molecule is Cc1ccc(Oc2ncc(CN)cn2)c(C)c1. The van der Waals surface area contributed by atoms with Crippen LogP contribution in [0.15, 0.2) is 30.6 Å². The van der Waals surface area contributed by atoms with E-state index in [1.165, 1.54) is 5.56 Å². The van der Waals surface area contributed by atoms with Crippen molar-refractivity contribution in [2.75, 3.05) is 0 Å². The van der Waals surface area contributed by atoms with Crippen LogP contribution in [-0.4, -0.2) is 9.97 Å². The van der Waals surface area contributed by atoms with Gasteiger partial charge >= 0.3 is 6.01 Å². The summed E-state index contributed by atoms with van der Waals surface area (Å²) in [6.45, 7) is 4.48. The van der Waals surface area contributed by atoms with Gasteiger partial charge in [0.1, 0.15) is 5.75 Å². The van der Waals surface area contributed by atoms with E-state index in [2.05, 4.69) is 16.0 Å². The van der Waals surface area contributed by atoms with Gasteiger partial charge in [-0.05, 0) is 25.5 Å². The molecule has 0 bridgehead atoms. The van der Waals surface area contributed by atoms with Gasteiger partial charge in [0.05, 0.1) is 0 Å². The van der Waals surface area contributed by atoms with Crippen molar-refractivity contribution in [2.24, 2.45) is 5.73 Å². The Bertz CT molecular complexity index is 509. The summed E-state index contributed by atoms with van der Waals surface area (Å²) < 4.78 is 5.60. The molecule has 0 radical (unpaired) electrons. The lowest BCUT2D eigenvalue weighted by atomic mass is 10.1. The molecule has 0 spiro atoms. The van der Waals surface area contributed by atoms with Crippen LogP contribution in [0, 0.1) is 13.8 Å². The predicted molar refractivity (Wildman–Crippen MR) is 65.9 cm³/mol. The van der Waals surface area contributed by atoms with Crippen molar-refractivity contribution < 1.29 is 4.74 Å². The molecule has 88 valence electrons. The minimum atomic E-state index is 0.342. The van der Waals surface area contributed by atoms with Crippen LogP contribution in [0.25, 0.3) is 0 Å². The zero-order chi connectivity index (χ0) is 12.3. The van der Waals surface area contributed by atoms with Gasteiger partial charge in [-0.15, -0.1) is 0 Å². The van der Waals surface area contributed by atoms with Gasteiger partial charge in [-0.1, -0.05) is 17.7 Å². The van der Waals surface area contributed by atoms with Crippen LogP contribution in [0.3, 0.4) is 0 Å². The monoisotopic (exact) mass is 229 g/mol. The fourth-order valence-electron chi connectivity index (χ4n) is 1.51. The van der Waals surface area contributed by atoms with E-state index >= 15 is 0 Å². The predicted octanol–water partition coefficient (Wildman–Crippen LogP) is 2.34. The molecule has 0 saturated heterocycles. The molecule has 0 aliphatic heterocycles. The first-order valence-electron chi connectivity index (χ1n) is 5.45. The molecule has 2 N–H and O–H groups in total. The minimum Gasteiger partial charge on any atom is -0.424 e. The Kier molecular flexibility index (Phi) is 3.35. The Balaban J connectivity index is 2.19. The average molecular weight is 229 g/mol. The summed E-state index contributed by atoms with van der Waals surface area (Å²) in [6.07, 6.45) is 3.34. The third-order valence-corrected chi connectivity index (χ3v) is 2.45. The zero-order valence-electron chi connectivity index (χ0n) is 9.97. The number of ether oxygens (including phenoxy) is 1. The van der Waals surface area contributed by atoms with E-state index in [1.54, 1.807) is 12.4 Å². The van der Waals surface area contributed by atoms with Gasteiger partial charge in [-0.2, -0.15) is 0 Å². The van der Waals surface area contributed by atoms with Crippen molar-refractivity contribution in [3.05, 3.63) is 47.3 Å². The summed E-state index contributed by atoms with van der Waals surface area (Å²) in [4.78, 5) is 8.19. The average Bonchev–Trinajstić information content (AvgIpc) is 2.34. The van der Waals surface area contributed by atoms with Crippen molar-refractivity contribution >= 4 is 0 Å². The first-order chi connectivity index (χ1) is 8.19. The highest BCUT2D eigenvalue weighted by molar-refractivity contribution is 5.37. The van der Waals surface area contributed by atoms with Crippen LogP contribution in [0.2, 0.25) is 0 Å². The molecule has 1 aromatic heterocycles. The largest absolute Gasteiger partial charge is 0.424 e. The van der Waals surface area contributed by atoms with E-state index in [0.717, 1.165) is 16.9 Å². The Morgan fingerprint density at radius 2 is 1.88 bits per heavy atom. The summed E-state index contributed by atoms with van der Waals surface area (Å²) in [6, 6.07) is 6.32. The second-order valence-electron chi connectivity index (χ2n) is 3.95. The summed E-state index contributed by atoms with van der Waals surface area (Å²) in [5.41, 5.74) is 8.63. The lowest BCUT2D eigenvalue weighted by Crippen LogP contribution is -1.99. The standard InChI is InChI=1S/C13H15N3O/c1-9-3-4-12(10(2)5-9)17-13-15-7-11(6-14)8-16-13/h3-5,7-8H,6,14H2,1-2H3. The van der Waals surface area contributed by atoms with Gasteiger partial charge in [-0.3, -0.25) is 0 Å². The summed E-state index contributed by atoms with van der Waals surface area (Å²) >= 11 is 0. The van der Waals surface area contributed by atoms with Crippen molar-refractivity contribution in [2.45, 2.75) is 20.4 Å². The lowest BCUT2D eigenvalue weighted by Gasteiger charge is -2.07. The minimum absolute atomic E-state index is 0.342. The molecule has 2 aromatic rings. The highest BCUT2D eigenvalue weighted by Gasteiger charge is 2.03. The molecular formula is C13H15N3O. The van der Waals surface area contributed by atoms with Crippen LogP contribution in [0.5, 0.6) is 11.8 Å². The van der Waals surface area contributed by atoms with E-state index in [9.17, 15) is 0 Å². The molecule has 0 unspecified atom stereocenters. The van der Waals surface area contributed by atoms with E-state index < -0.39 is 0 Å². The molecule has 2 rings (SSSR count). The van der Waals surface area contributed by atoms with Gasteiger partial charge in [0.25, 0.3) is 0 Å². The molecule has 0 aliphatic carbocycles. The van der Waals surface area contributed by atoms with Crippen LogP contribution < -0.4 is 10.5 Å². The second kappa shape index (κ2) is 4.93. The molecule has 4 heteroatoms. The fraction of sp³-hybridized carbons (Fsp3) is 0.231. The second-order valence-corrected chi connectivity index (χ2v) is 3.95. The van der Waals surface area contributed by atoms with Gasteiger partial charge in [0.15, 0.2) is 0 Å². The first kappa shape index (κ1) is 11.5. The van der Waals surface area contributed by atoms with Crippen LogP contribution in [-0.2, 0) is 6.54 Å². The number of hydrogen-bond acceptors (Lipinski definition) is 4. The van der Waals surface area contributed by atoms with E-state index in [4.69, 9.17) is 10.5 Å². The number of nitrogens with two attached hydrogens (primary N) is 1. The Morgan fingerprint density at radius 1 is 1.18 bits per heavy atom. The van der Waals surface area contributed by atoms with Crippen LogP contribution in [0.1, 0.15) is 16.7 Å². The third kappa shape index (κ3) is 2.79. The smallest absolute Gasteiger partial charge is 0.321 e. The van der Waals surface area contributed by atoms with Crippen molar-refractivity contribution in [1.29, 1.82) is 0 Å². The lowest BCUT2D eigenvalue weighted by molar-refractivity contribution is 0.438. The van der Waals surface area contributed by atoms with Gasteiger partial charge in [0.2, 0.25) is 0 Å². The maximum absolute atomic E-state index is 5.60. The van der Waals surface area contributed by atoms with E-state index in [-0.39, 0.29) is 0 Å². The Morgan fingerprint density at radius 3 is 2.47 bits per heavy atom. The number of aromatic nitrogens is 2. The van der Waals surface area contributed by atoms with Crippen molar-refractivity contribution in [3.8, 4) is 11.8 Å². The fourth-order valence-corrected chi connectivity index (χ4v) is 1.51. The first-order valence-corrected chi connectivity index (χ1v) is 5.45. The number of aryl methyl sites for hydroxylation is 2. The van der Waals surface area contributed by atoms with Gasteiger partial charge < -0.3 is 10.5 Å². The molecule has 17 heavy (non-hydrogen) atoms. The number of hydrogen-bond donors (Lipinski definition) is 1. The van der Waals surface area contributed by atoms with E-state index in [0.29, 0.717) is 12.6 Å². The van der Waals surface area contributed by atoms with E-state index in [1.807, 2.05) is 26.0 Å². The van der Waals surface area contributed by atoms with Crippen LogP contribution in [0.4, 0.5) is 0 Å². The maximum atomic E-state index is 5.60. The Labute approximate surface area is 100 Å². The topological polar surface area (TPSA) is 61.0 Å². The highest BCUT2D eigenvalue weighted by Crippen LogP contribution is 2.22. The molecule has 1 aromatic carbocycles. The summed E-state index contributed by atoms with van der Waals surface area (Å²) in [7, 11) is 0. The molecule has 0 atom stereocenters. The number of benzene rings is 1. The van der Waals surface area contributed by atoms with Crippen LogP contribution >= 0.6 is 0 Å². The molecule has 4 nitrogen and oxygen atoms in total. The molecule has 0 fully saturated rings. The number of nitrogens with zero attached hydrogens (tertiary/aromatic N) is 2. The highest BCUT2D eigenvalue weighted by atomic mass is 16.5. The number of rotatable bonds is 3. The van der Waals surface area contributed by atoms with Gasteiger partial charge in [-0.25, -0.2) is 9.97 Å². The van der Waals surface area contributed by atoms with Crippen molar-refractivity contribution in [3.63, 3.8) is 0 Å². The quantitative estimate of drug-likeness (QED) is 0.877. The van der Waals surface area contributed by atoms with Gasteiger partial charge in [0, 0.05) is 24.5 Å². The molecule has 0 aliphatic rings. The summed E-state index contributed by atoms with van der Waals surface area (Å²) in [5, 5.41) is 0. The normalized spacial score (nSPS) is 10.3. The maximum Gasteiger partial charge on any atom is 0.321 e. The third-order valence-electron chi connectivity index (χ3n) is 2.45. The molecule has 1 heterocycles. The van der Waals surface area contributed by atoms with Crippen molar-refractivity contribution in [1.82, 2.24) is 9.97 Å². The molecule has 0 amide bonds. The zero-order valence-corrected chi connectivity index (χ0v) is 9.97. The molecule has 0 saturated carbocycles.